The number of benzene rings is 2. The second kappa shape index (κ2) is 8.88. The summed E-state index contributed by atoms with van der Waals surface area (Å²) in [6, 6.07) is 9.69. The molecule has 0 bridgehead atoms. The largest absolute Gasteiger partial charge is 0.416 e. The van der Waals surface area contributed by atoms with Gasteiger partial charge in [-0.3, -0.25) is 9.59 Å². The summed E-state index contributed by atoms with van der Waals surface area (Å²) >= 11 is 0. The molecule has 7 nitrogen and oxygen atoms in total. The second-order valence-corrected chi connectivity index (χ2v) is 11.8. The lowest BCUT2D eigenvalue weighted by Gasteiger charge is -2.38. The van der Waals surface area contributed by atoms with Crippen molar-refractivity contribution in [2.45, 2.75) is 49.3 Å². The van der Waals surface area contributed by atoms with Gasteiger partial charge in [0.25, 0.3) is 5.91 Å². The Hall–Kier alpha value is -2.92. The average Bonchev–Trinajstić information content (AvgIpc) is 3.50. The van der Waals surface area contributed by atoms with Crippen LogP contribution in [0.3, 0.4) is 0 Å². The van der Waals surface area contributed by atoms with Crippen LogP contribution in [-0.2, 0) is 27.5 Å². The number of carbonyl (C=O) groups is 2. The predicted octanol–water partition coefficient (Wildman–Crippen LogP) is 3.41. The van der Waals surface area contributed by atoms with Crippen LogP contribution < -0.4 is 5.32 Å². The smallest absolute Gasteiger partial charge is 0.350 e. The highest BCUT2D eigenvalue weighted by Gasteiger charge is 2.56. The van der Waals surface area contributed by atoms with Crippen LogP contribution in [0.25, 0.3) is 0 Å². The van der Waals surface area contributed by atoms with Gasteiger partial charge >= 0.3 is 6.18 Å². The van der Waals surface area contributed by atoms with Crippen LogP contribution in [0.4, 0.5) is 13.2 Å². The van der Waals surface area contributed by atoms with Crippen LogP contribution in [0.1, 0.15) is 47.2 Å². The van der Waals surface area contributed by atoms with Crippen LogP contribution in [-0.4, -0.2) is 55.1 Å². The monoisotopic (exact) mass is 521 g/mol. The van der Waals surface area contributed by atoms with Crippen molar-refractivity contribution in [2.24, 2.45) is 5.41 Å². The molecule has 2 aromatic rings. The number of likely N-dealkylation sites (tertiary alicyclic amines) is 1. The van der Waals surface area contributed by atoms with Crippen molar-refractivity contribution >= 4 is 21.8 Å². The third-order valence-corrected chi connectivity index (χ3v) is 9.05. The Bertz CT molecular complexity index is 1280. The Balaban J connectivity index is 1.23. The van der Waals surface area contributed by atoms with E-state index in [1.807, 2.05) is 0 Å². The summed E-state index contributed by atoms with van der Waals surface area (Å²) in [5.41, 5.74) is 0.0941. The molecule has 2 heterocycles. The zero-order valence-electron chi connectivity index (χ0n) is 19.4. The van der Waals surface area contributed by atoms with E-state index in [-0.39, 0.29) is 22.4 Å². The molecule has 1 saturated carbocycles. The molecule has 2 amide bonds. The molecule has 0 radical (unpaired) electrons. The van der Waals surface area contributed by atoms with Crippen molar-refractivity contribution in [3.63, 3.8) is 0 Å². The van der Waals surface area contributed by atoms with Gasteiger partial charge in [0.05, 0.1) is 10.5 Å². The molecule has 1 N–H and O–H groups in total. The minimum absolute atomic E-state index is 0.0283. The minimum atomic E-state index is -4.43. The van der Waals surface area contributed by atoms with Crippen LogP contribution in [0.15, 0.2) is 53.4 Å². The molecule has 0 unspecified atom stereocenters. The maximum atomic E-state index is 13.2. The van der Waals surface area contributed by atoms with Gasteiger partial charge < -0.3 is 10.2 Å². The van der Waals surface area contributed by atoms with Crippen LogP contribution in [0.2, 0.25) is 0 Å². The summed E-state index contributed by atoms with van der Waals surface area (Å²) in [7, 11) is -3.68. The fourth-order valence-electron chi connectivity index (χ4n) is 4.87. The van der Waals surface area contributed by atoms with Crippen LogP contribution >= 0.6 is 0 Å². The third kappa shape index (κ3) is 4.73. The summed E-state index contributed by atoms with van der Waals surface area (Å²) in [4.78, 5) is 27.6. The van der Waals surface area contributed by atoms with E-state index >= 15 is 0 Å². The number of hydrogen-bond donors (Lipinski definition) is 1. The Morgan fingerprint density at radius 3 is 2.39 bits per heavy atom. The van der Waals surface area contributed by atoms with Crippen molar-refractivity contribution in [1.29, 1.82) is 0 Å². The van der Waals surface area contributed by atoms with Gasteiger partial charge in [-0.2, -0.15) is 17.5 Å². The third-order valence-electron chi connectivity index (χ3n) is 7.26. The summed E-state index contributed by atoms with van der Waals surface area (Å²) in [6.07, 6.45) is -1.28. The van der Waals surface area contributed by atoms with Crippen LogP contribution in [0, 0.1) is 5.41 Å². The first kappa shape index (κ1) is 24.8. The van der Waals surface area contributed by atoms with Crippen molar-refractivity contribution in [3.8, 4) is 0 Å². The topological polar surface area (TPSA) is 86.8 Å². The number of alkyl halides is 3. The SMILES string of the molecule is O=C(NCc1ccc(C(F)(F)F)cc1)[C@H]1CCCN1C(=O)c1cccc(S(=O)(=O)N2CC3(CC3)C2)c1. The first-order chi connectivity index (χ1) is 17.0. The van der Waals surface area contributed by atoms with Crippen LogP contribution in [0.5, 0.6) is 0 Å². The summed E-state index contributed by atoms with van der Waals surface area (Å²) in [5, 5.41) is 2.70. The van der Waals surface area contributed by atoms with Gasteiger partial charge in [0.2, 0.25) is 15.9 Å². The molecular weight excluding hydrogens is 495 g/mol. The fourth-order valence-corrected chi connectivity index (χ4v) is 6.58. The van der Waals surface area contributed by atoms with E-state index < -0.39 is 39.6 Å². The lowest BCUT2D eigenvalue weighted by molar-refractivity contribution is -0.137. The van der Waals surface area contributed by atoms with Crippen molar-refractivity contribution in [1.82, 2.24) is 14.5 Å². The maximum absolute atomic E-state index is 13.2. The van der Waals surface area contributed by atoms with Gasteiger partial charge in [-0.1, -0.05) is 18.2 Å². The molecule has 5 rings (SSSR count). The Kier molecular flexibility index (Phi) is 6.11. The highest BCUT2D eigenvalue weighted by molar-refractivity contribution is 7.89. The van der Waals surface area contributed by atoms with Gasteiger partial charge in [-0.15, -0.1) is 0 Å². The number of sulfonamides is 1. The molecule has 1 atom stereocenters. The van der Waals surface area contributed by atoms with Gasteiger partial charge in [0.15, 0.2) is 0 Å². The maximum Gasteiger partial charge on any atom is 0.416 e. The highest BCUT2D eigenvalue weighted by atomic mass is 32.2. The van der Waals surface area contributed by atoms with E-state index in [9.17, 15) is 31.2 Å². The summed E-state index contributed by atoms with van der Waals surface area (Å²) in [6.45, 7) is 1.41. The highest BCUT2D eigenvalue weighted by Crippen LogP contribution is 2.54. The first-order valence-electron chi connectivity index (χ1n) is 11.8. The number of rotatable bonds is 6. The average molecular weight is 522 g/mol. The zero-order valence-corrected chi connectivity index (χ0v) is 20.2. The van der Waals surface area contributed by atoms with E-state index in [1.165, 1.54) is 45.6 Å². The number of halogens is 3. The molecule has 192 valence electrons. The Labute approximate surface area is 207 Å². The molecule has 3 aliphatic rings. The van der Waals surface area contributed by atoms with E-state index in [2.05, 4.69) is 5.32 Å². The number of amides is 2. The molecule has 1 spiro atoms. The fraction of sp³-hybridized carbons (Fsp3) is 0.440. The predicted molar refractivity (Wildman–Crippen MR) is 124 cm³/mol. The number of nitrogens with one attached hydrogen (secondary N) is 1. The Morgan fingerprint density at radius 1 is 1.06 bits per heavy atom. The van der Waals surface area contributed by atoms with Crippen molar-refractivity contribution in [2.75, 3.05) is 19.6 Å². The minimum Gasteiger partial charge on any atom is -0.350 e. The molecule has 1 aliphatic carbocycles. The lowest BCUT2D eigenvalue weighted by atomic mass is 10.0. The quantitative estimate of drug-likeness (QED) is 0.631. The zero-order chi connectivity index (χ0) is 25.7. The Morgan fingerprint density at radius 2 is 1.75 bits per heavy atom. The van der Waals surface area contributed by atoms with Gasteiger partial charge in [-0.25, -0.2) is 8.42 Å². The van der Waals surface area contributed by atoms with Gasteiger partial charge in [0.1, 0.15) is 6.04 Å². The molecule has 3 fully saturated rings. The van der Waals surface area contributed by atoms with Gasteiger partial charge in [0, 0.05) is 31.7 Å². The molecule has 36 heavy (non-hydrogen) atoms. The van der Waals surface area contributed by atoms with E-state index in [0.29, 0.717) is 38.0 Å². The molecule has 2 aliphatic heterocycles. The van der Waals surface area contributed by atoms with E-state index in [1.54, 1.807) is 0 Å². The standard InChI is InChI=1S/C25H26F3N3O4S/c26-25(27,28)19-8-6-17(7-9-19)14-29-22(32)21-5-2-12-31(21)23(33)18-3-1-4-20(13-18)36(34,35)30-15-24(16-30)10-11-24/h1,3-4,6-9,13,21H,2,5,10-12,14-16H2,(H,29,32)/t21-/m1/s1. The molecule has 11 heteroatoms. The lowest BCUT2D eigenvalue weighted by Crippen LogP contribution is -2.51. The second-order valence-electron chi connectivity index (χ2n) is 9.87. The molecule has 0 aromatic heterocycles. The summed E-state index contributed by atoms with van der Waals surface area (Å²) in [5.74, 6) is -0.832. The molecule has 2 aromatic carbocycles. The van der Waals surface area contributed by atoms with Crippen molar-refractivity contribution in [3.05, 3.63) is 65.2 Å². The number of nitrogens with zero attached hydrogens (tertiary/aromatic N) is 2. The summed E-state index contributed by atoms with van der Waals surface area (Å²) < 4.78 is 65.6. The normalized spacial score (nSPS) is 21.3. The molecule has 2 saturated heterocycles. The van der Waals surface area contributed by atoms with E-state index in [0.717, 1.165) is 25.0 Å². The number of carbonyl (C=O) groups excluding carboxylic acids is 2. The molecular formula is C25H26F3N3O4S. The first-order valence-corrected chi connectivity index (χ1v) is 13.3. The number of hydrogen-bond acceptors (Lipinski definition) is 4. The van der Waals surface area contributed by atoms with Gasteiger partial charge in [-0.05, 0) is 67.0 Å². The van der Waals surface area contributed by atoms with E-state index in [4.69, 9.17) is 0 Å². The van der Waals surface area contributed by atoms with Crippen molar-refractivity contribution < 1.29 is 31.2 Å².